The van der Waals surface area contributed by atoms with Crippen LogP contribution in [0.3, 0.4) is 0 Å². The summed E-state index contributed by atoms with van der Waals surface area (Å²) < 4.78 is 13.4. The lowest BCUT2D eigenvalue weighted by atomic mass is 10.1. The lowest BCUT2D eigenvalue weighted by molar-refractivity contribution is -0.120. The Bertz CT molecular complexity index is 502. The molecule has 1 rings (SSSR count). The standard InChI is InChI=1S/C15H23FN4O/c1-4-7-18-14(21)10-20-15(17-3)19-9-12-6-5-11(2)13(16)8-12/h5-6,8H,4,7,9-10H2,1-3H3,(H,18,21)(H2,17,19,20). The molecule has 0 saturated carbocycles. The van der Waals surface area contributed by atoms with E-state index in [1.807, 2.05) is 13.0 Å². The molecule has 0 spiro atoms. The third-order valence-corrected chi connectivity index (χ3v) is 2.91. The monoisotopic (exact) mass is 294 g/mol. The van der Waals surface area contributed by atoms with Crippen LogP contribution in [-0.4, -0.2) is 32.0 Å². The fourth-order valence-electron chi connectivity index (χ4n) is 1.64. The van der Waals surface area contributed by atoms with E-state index < -0.39 is 0 Å². The summed E-state index contributed by atoms with van der Waals surface area (Å²) >= 11 is 0. The van der Waals surface area contributed by atoms with Crippen LogP contribution in [-0.2, 0) is 11.3 Å². The van der Waals surface area contributed by atoms with Crippen LogP contribution in [0.25, 0.3) is 0 Å². The second-order valence-corrected chi connectivity index (χ2v) is 4.71. The summed E-state index contributed by atoms with van der Waals surface area (Å²) in [6.45, 7) is 4.97. The van der Waals surface area contributed by atoms with E-state index in [2.05, 4.69) is 20.9 Å². The Morgan fingerprint density at radius 1 is 1.29 bits per heavy atom. The molecule has 21 heavy (non-hydrogen) atoms. The number of aryl methyl sites for hydroxylation is 1. The Balaban J connectivity index is 2.40. The van der Waals surface area contributed by atoms with Crippen LogP contribution in [0.4, 0.5) is 4.39 Å². The van der Waals surface area contributed by atoms with E-state index in [9.17, 15) is 9.18 Å². The van der Waals surface area contributed by atoms with Gasteiger partial charge in [0.25, 0.3) is 0 Å². The second kappa shape index (κ2) is 8.94. The number of amides is 1. The lowest BCUT2D eigenvalue weighted by Crippen LogP contribution is -2.43. The lowest BCUT2D eigenvalue weighted by Gasteiger charge is -2.12. The van der Waals surface area contributed by atoms with Gasteiger partial charge in [0.05, 0.1) is 6.54 Å². The molecule has 0 radical (unpaired) electrons. The van der Waals surface area contributed by atoms with Crippen molar-refractivity contribution in [2.45, 2.75) is 26.8 Å². The number of halogens is 1. The molecule has 0 aromatic heterocycles. The molecule has 0 atom stereocenters. The number of guanidine groups is 1. The molecule has 0 aliphatic rings. The van der Waals surface area contributed by atoms with E-state index in [1.165, 1.54) is 6.07 Å². The predicted octanol–water partition coefficient (Wildman–Crippen LogP) is 1.33. The first-order chi connectivity index (χ1) is 10.1. The number of aliphatic imine (C=N–C) groups is 1. The molecular weight excluding hydrogens is 271 g/mol. The van der Waals surface area contributed by atoms with Gasteiger partial charge < -0.3 is 16.0 Å². The highest BCUT2D eigenvalue weighted by atomic mass is 19.1. The van der Waals surface area contributed by atoms with Crippen molar-refractivity contribution < 1.29 is 9.18 Å². The van der Waals surface area contributed by atoms with Crippen molar-refractivity contribution in [2.24, 2.45) is 4.99 Å². The zero-order valence-corrected chi connectivity index (χ0v) is 12.8. The topological polar surface area (TPSA) is 65.5 Å². The highest BCUT2D eigenvalue weighted by Gasteiger charge is 2.04. The van der Waals surface area contributed by atoms with Crippen LogP contribution in [0.1, 0.15) is 24.5 Å². The minimum atomic E-state index is -0.226. The number of hydrogen-bond donors (Lipinski definition) is 3. The molecule has 1 aromatic carbocycles. The maximum atomic E-state index is 13.4. The third-order valence-electron chi connectivity index (χ3n) is 2.91. The Morgan fingerprint density at radius 2 is 2.05 bits per heavy atom. The second-order valence-electron chi connectivity index (χ2n) is 4.71. The van der Waals surface area contributed by atoms with Gasteiger partial charge in [0, 0.05) is 20.1 Å². The summed E-state index contributed by atoms with van der Waals surface area (Å²) in [5, 5.41) is 8.71. The van der Waals surface area contributed by atoms with Crippen molar-refractivity contribution in [3.05, 3.63) is 35.1 Å². The molecule has 6 heteroatoms. The highest BCUT2D eigenvalue weighted by Crippen LogP contribution is 2.08. The SMILES string of the molecule is CCCNC(=O)CNC(=NC)NCc1ccc(C)c(F)c1. The molecular formula is C15H23FN4O. The first-order valence-electron chi connectivity index (χ1n) is 7.03. The summed E-state index contributed by atoms with van der Waals surface area (Å²) in [6, 6.07) is 5.08. The van der Waals surface area contributed by atoms with E-state index in [-0.39, 0.29) is 18.3 Å². The molecule has 5 nitrogen and oxygen atoms in total. The van der Waals surface area contributed by atoms with Gasteiger partial charge in [-0.15, -0.1) is 0 Å². The van der Waals surface area contributed by atoms with Crippen LogP contribution in [0, 0.1) is 12.7 Å². The van der Waals surface area contributed by atoms with Gasteiger partial charge in [-0.2, -0.15) is 0 Å². The van der Waals surface area contributed by atoms with Crippen molar-refractivity contribution in [1.29, 1.82) is 0 Å². The van der Waals surface area contributed by atoms with Crippen LogP contribution >= 0.6 is 0 Å². The molecule has 0 saturated heterocycles. The molecule has 0 fully saturated rings. The average molecular weight is 294 g/mol. The molecule has 1 aromatic rings. The van der Waals surface area contributed by atoms with E-state index in [0.29, 0.717) is 24.6 Å². The first kappa shape index (κ1) is 16.9. The van der Waals surface area contributed by atoms with Crippen molar-refractivity contribution in [3.63, 3.8) is 0 Å². The van der Waals surface area contributed by atoms with Crippen molar-refractivity contribution >= 4 is 11.9 Å². The summed E-state index contributed by atoms with van der Waals surface area (Å²) in [5.41, 5.74) is 1.44. The van der Waals surface area contributed by atoms with Crippen LogP contribution in [0.2, 0.25) is 0 Å². The Hall–Kier alpha value is -2.11. The van der Waals surface area contributed by atoms with E-state index >= 15 is 0 Å². The number of nitrogens with zero attached hydrogens (tertiary/aromatic N) is 1. The number of benzene rings is 1. The van der Waals surface area contributed by atoms with Gasteiger partial charge in [-0.3, -0.25) is 9.79 Å². The van der Waals surface area contributed by atoms with Crippen molar-refractivity contribution in [1.82, 2.24) is 16.0 Å². The quantitative estimate of drug-likeness (QED) is 0.548. The maximum Gasteiger partial charge on any atom is 0.239 e. The summed E-state index contributed by atoms with van der Waals surface area (Å²) in [4.78, 5) is 15.5. The largest absolute Gasteiger partial charge is 0.355 e. The Kier molecular flexibility index (Phi) is 7.21. The van der Waals surface area contributed by atoms with Crippen LogP contribution in [0.5, 0.6) is 0 Å². The minimum absolute atomic E-state index is 0.0822. The van der Waals surface area contributed by atoms with Crippen LogP contribution < -0.4 is 16.0 Å². The molecule has 0 aliphatic heterocycles. The maximum absolute atomic E-state index is 13.4. The van der Waals surface area contributed by atoms with Gasteiger partial charge in [-0.1, -0.05) is 19.1 Å². The smallest absolute Gasteiger partial charge is 0.239 e. The molecule has 0 aliphatic carbocycles. The minimum Gasteiger partial charge on any atom is -0.355 e. The first-order valence-corrected chi connectivity index (χ1v) is 7.03. The molecule has 0 bridgehead atoms. The van der Waals surface area contributed by atoms with Crippen molar-refractivity contribution in [2.75, 3.05) is 20.1 Å². The van der Waals surface area contributed by atoms with Crippen LogP contribution in [0.15, 0.2) is 23.2 Å². The fraction of sp³-hybridized carbons (Fsp3) is 0.467. The van der Waals surface area contributed by atoms with Gasteiger partial charge in [0.1, 0.15) is 5.82 Å². The predicted molar refractivity (Wildman–Crippen MR) is 82.6 cm³/mol. The van der Waals surface area contributed by atoms with Gasteiger partial charge in [-0.25, -0.2) is 4.39 Å². The molecule has 3 N–H and O–H groups in total. The Labute approximate surface area is 125 Å². The van der Waals surface area contributed by atoms with Crippen molar-refractivity contribution in [3.8, 4) is 0 Å². The van der Waals surface area contributed by atoms with E-state index in [1.54, 1.807) is 20.0 Å². The molecule has 0 unspecified atom stereocenters. The summed E-state index contributed by atoms with van der Waals surface area (Å²) in [6.07, 6.45) is 0.900. The zero-order chi connectivity index (χ0) is 15.7. The number of hydrogen-bond acceptors (Lipinski definition) is 2. The van der Waals surface area contributed by atoms with Gasteiger partial charge in [-0.05, 0) is 30.5 Å². The van der Waals surface area contributed by atoms with Gasteiger partial charge in [0.2, 0.25) is 5.91 Å². The third kappa shape index (κ3) is 6.25. The highest BCUT2D eigenvalue weighted by molar-refractivity contribution is 5.86. The van der Waals surface area contributed by atoms with Gasteiger partial charge >= 0.3 is 0 Å². The number of carbonyl (C=O) groups is 1. The molecule has 0 heterocycles. The Morgan fingerprint density at radius 3 is 2.67 bits per heavy atom. The number of nitrogens with one attached hydrogen (secondary N) is 3. The molecule has 116 valence electrons. The fourth-order valence-corrected chi connectivity index (χ4v) is 1.64. The average Bonchev–Trinajstić information content (AvgIpc) is 2.48. The normalized spacial score (nSPS) is 11.1. The number of carbonyl (C=O) groups excluding carboxylic acids is 1. The molecule has 1 amide bonds. The van der Waals surface area contributed by atoms with Gasteiger partial charge in [0.15, 0.2) is 5.96 Å². The van der Waals surface area contributed by atoms with E-state index in [0.717, 1.165) is 12.0 Å². The summed E-state index contributed by atoms with van der Waals surface area (Å²) in [7, 11) is 1.62. The number of rotatable bonds is 6. The summed E-state index contributed by atoms with van der Waals surface area (Å²) in [5.74, 6) is 0.194. The zero-order valence-electron chi connectivity index (χ0n) is 12.8. The van der Waals surface area contributed by atoms with E-state index in [4.69, 9.17) is 0 Å².